The predicted molar refractivity (Wildman–Crippen MR) is 93.3 cm³/mol. The molecular formula is C18H17N3O3. The number of rotatable bonds is 4. The monoisotopic (exact) mass is 323 g/mol. The third kappa shape index (κ3) is 2.86. The number of ether oxygens (including phenoxy) is 2. The first kappa shape index (κ1) is 15.7. The second-order valence-electron chi connectivity index (χ2n) is 5.15. The molecule has 0 aliphatic rings. The lowest BCUT2D eigenvalue weighted by molar-refractivity contribution is 0.402. The van der Waals surface area contributed by atoms with Gasteiger partial charge in [0.2, 0.25) is 0 Å². The number of hydrogen-bond acceptors (Lipinski definition) is 5. The van der Waals surface area contributed by atoms with Gasteiger partial charge in [0.25, 0.3) is 5.56 Å². The van der Waals surface area contributed by atoms with Crippen molar-refractivity contribution in [2.75, 3.05) is 14.2 Å². The molecule has 0 unspecified atom stereocenters. The van der Waals surface area contributed by atoms with Crippen molar-refractivity contribution in [3.63, 3.8) is 0 Å². The van der Waals surface area contributed by atoms with Gasteiger partial charge in [-0.1, -0.05) is 12.1 Å². The van der Waals surface area contributed by atoms with Crippen LogP contribution in [0, 0.1) is 6.92 Å². The molecule has 3 rings (SSSR count). The van der Waals surface area contributed by atoms with E-state index in [2.05, 4.69) is 10.1 Å². The Morgan fingerprint density at radius 3 is 2.67 bits per heavy atom. The summed E-state index contributed by atoms with van der Waals surface area (Å²) in [7, 11) is 3.17. The van der Waals surface area contributed by atoms with Crippen LogP contribution in [-0.4, -0.2) is 30.1 Å². The van der Waals surface area contributed by atoms with E-state index in [1.165, 1.54) is 4.68 Å². The summed E-state index contributed by atoms with van der Waals surface area (Å²) in [6, 6.07) is 12.6. The molecule has 0 amide bonds. The summed E-state index contributed by atoms with van der Waals surface area (Å²) < 4.78 is 11.8. The highest BCUT2D eigenvalue weighted by Gasteiger charge is 2.07. The molecule has 0 fully saturated rings. The first-order valence-electron chi connectivity index (χ1n) is 7.39. The number of para-hydroxylation sites is 1. The van der Waals surface area contributed by atoms with Crippen molar-refractivity contribution in [3.05, 3.63) is 64.2 Å². The van der Waals surface area contributed by atoms with Gasteiger partial charge in [-0.25, -0.2) is 4.98 Å². The Bertz CT molecular complexity index is 977. The zero-order chi connectivity index (χ0) is 17.1. The van der Waals surface area contributed by atoms with E-state index in [9.17, 15) is 4.79 Å². The maximum absolute atomic E-state index is 12.6. The van der Waals surface area contributed by atoms with Gasteiger partial charge in [0.05, 0.1) is 31.3 Å². The standard InChI is InChI=1S/C18H17N3O3/c1-12-20-16-7-5-4-6-15(16)18(22)21(12)19-11-13-10-14(23-2)8-9-17(13)24-3/h4-11H,1-3H3. The minimum absolute atomic E-state index is 0.212. The maximum atomic E-state index is 12.6. The van der Waals surface area contributed by atoms with Crippen LogP contribution >= 0.6 is 0 Å². The van der Waals surface area contributed by atoms with Gasteiger partial charge in [-0.05, 0) is 37.3 Å². The molecule has 0 aliphatic heterocycles. The normalized spacial score (nSPS) is 11.1. The van der Waals surface area contributed by atoms with Crippen molar-refractivity contribution >= 4 is 17.1 Å². The van der Waals surface area contributed by atoms with Crippen LogP contribution in [0.15, 0.2) is 52.4 Å². The highest BCUT2D eigenvalue weighted by atomic mass is 16.5. The Balaban J connectivity index is 2.10. The van der Waals surface area contributed by atoms with Gasteiger partial charge in [-0.15, -0.1) is 0 Å². The Hall–Kier alpha value is -3.15. The Morgan fingerprint density at radius 1 is 1.12 bits per heavy atom. The van der Waals surface area contributed by atoms with Crippen LogP contribution in [0.25, 0.3) is 10.9 Å². The van der Waals surface area contributed by atoms with Crippen molar-refractivity contribution < 1.29 is 9.47 Å². The zero-order valence-electron chi connectivity index (χ0n) is 13.7. The van der Waals surface area contributed by atoms with Gasteiger partial charge in [-0.2, -0.15) is 9.78 Å². The van der Waals surface area contributed by atoms with E-state index >= 15 is 0 Å². The van der Waals surface area contributed by atoms with Crippen molar-refractivity contribution in [3.8, 4) is 11.5 Å². The summed E-state index contributed by atoms with van der Waals surface area (Å²) in [5.74, 6) is 1.83. The van der Waals surface area contributed by atoms with Gasteiger partial charge < -0.3 is 9.47 Å². The highest BCUT2D eigenvalue weighted by Crippen LogP contribution is 2.22. The molecule has 1 aromatic heterocycles. The Labute approximate surface area is 139 Å². The van der Waals surface area contributed by atoms with Crippen LogP contribution in [0.5, 0.6) is 11.5 Å². The van der Waals surface area contributed by atoms with Crippen molar-refractivity contribution in [2.45, 2.75) is 6.92 Å². The fourth-order valence-electron chi connectivity index (χ4n) is 2.43. The number of methoxy groups -OCH3 is 2. The fourth-order valence-corrected chi connectivity index (χ4v) is 2.43. The topological polar surface area (TPSA) is 65.7 Å². The Kier molecular flexibility index (Phi) is 4.29. The highest BCUT2D eigenvalue weighted by molar-refractivity contribution is 5.84. The Morgan fingerprint density at radius 2 is 1.92 bits per heavy atom. The van der Waals surface area contributed by atoms with Gasteiger partial charge in [0, 0.05) is 5.56 Å². The van der Waals surface area contributed by atoms with Crippen LogP contribution in [0.1, 0.15) is 11.4 Å². The number of hydrogen-bond donors (Lipinski definition) is 0. The molecule has 0 bridgehead atoms. The van der Waals surface area contributed by atoms with Crippen molar-refractivity contribution in [2.24, 2.45) is 5.10 Å². The van der Waals surface area contributed by atoms with E-state index in [-0.39, 0.29) is 5.56 Å². The van der Waals surface area contributed by atoms with E-state index in [0.29, 0.717) is 33.8 Å². The number of nitrogens with zero attached hydrogens (tertiary/aromatic N) is 3. The summed E-state index contributed by atoms with van der Waals surface area (Å²) in [5.41, 5.74) is 1.15. The number of aromatic nitrogens is 2. The van der Waals surface area contributed by atoms with Gasteiger partial charge in [-0.3, -0.25) is 4.79 Å². The summed E-state index contributed by atoms with van der Waals surface area (Å²) in [4.78, 5) is 17.0. The molecule has 0 spiro atoms. The maximum Gasteiger partial charge on any atom is 0.282 e. The molecule has 0 N–H and O–H groups in total. The predicted octanol–water partition coefficient (Wildman–Crippen LogP) is 2.60. The molecule has 0 aliphatic carbocycles. The summed E-state index contributed by atoms with van der Waals surface area (Å²) in [6.07, 6.45) is 1.56. The van der Waals surface area contributed by atoms with Crippen LogP contribution < -0.4 is 15.0 Å². The fraction of sp³-hybridized carbons (Fsp3) is 0.167. The quantitative estimate of drug-likeness (QED) is 0.692. The average molecular weight is 323 g/mol. The molecule has 1 heterocycles. The number of aryl methyl sites for hydroxylation is 1. The molecule has 0 saturated heterocycles. The summed E-state index contributed by atoms with van der Waals surface area (Å²) in [5, 5.41) is 4.82. The van der Waals surface area contributed by atoms with E-state index in [0.717, 1.165) is 0 Å². The minimum Gasteiger partial charge on any atom is -0.497 e. The molecule has 2 aromatic carbocycles. The second kappa shape index (κ2) is 6.54. The lowest BCUT2D eigenvalue weighted by Crippen LogP contribution is -2.20. The first-order chi connectivity index (χ1) is 11.6. The van der Waals surface area contributed by atoms with Crippen molar-refractivity contribution in [1.82, 2.24) is 9.66 Å². The smallest absolute Gasteiger partial charge is 0.282 e. The molecular weight excluding hydrogens is 306 g/mol. The van der Waals surface area contributed by atoms with Crippen LogP contribution in [-0.2, 0) is 0 Å². The molecule has 0 radical (unpaired) electrons. The van der Waals surface area contributed by atoms with E-state index in [1.54, 1.807) is 57.7 Å². The average Bonchev–Trinajstić information content (AvgIpc) is 2.61. The van der Waals surface area contributed by atoms with E-state index in [1.807, 2.05) is 12.1 Å². The SMILES string of the molecule is COc1ccc(OC)c(C=Nn2c(C)nc3ccccc3c2=O)c1. The molecule has 6 nitrogen and oxygen atoms in total. The first-order valence-corrected chi connectivity index (χ1v) is 7.39. The molecule has 24 heavy (non-hydrogen) atoms. The molecule has 0 atom stereocenters. The third-order valence-electron chi connectivity index (χ3n) is 3.66. The minimum atomic E-state index is -0.212. The van der Waals surface area contributed by atoms with Crippen LogP contribution in [0.3, 0.4) is 0 Å². The van der Waals surface area contributed by atoms with Gasteiger partial charge >= 0.3 is 0 Å². The number of benzene rings is 2. The zero-order valence-corrected chi connectivity index (χ0v) is 13.7. The van der Waals surface area contributed by atoms with Gasteiger partial charge in [0.1, 0.15) is 17.3 Å². The van der Waals surface area contributed by atoms with E-state index < -0.39 is 0 Å². The van der Waals surface area contributed by atoms with E-state index in [4.69, 9.17) is 9.47 Å². The summed E-state index contributed by atoms with van der Waals surface area (Å²) in [6.45, 7) is 1.74. The third-order valence-corrected chi connectivity index (χ3v) is 3.66. The second-order valence-corrected chi connectivity index (χ2v) is 5.15. The van der Waals surface area contributed by atoms with Crippen LogP contribution in [0.4, 0.5) is 0 Å². The van der Waals surface area contributed by atoms with Crippen LogP contribution in [0.2, 0.25) is 0 Å². The lowest BCUT2D eigenvalue weighted by atomic mass is 10.2. The number of fused-ring (bicyclic) bond motifs is 1. The lowest BCUT2D eigenvalue weighted by Gasteiger charge is -2.08. The largest absolute Gasteiger partial charge is 0.497 e. The molecule has 6 heteroatoms. The van der Waals surface area contributed by atoms with Crippen molar-refractivity contribution in [1.29, 1.82) is 0 Å². The summed E-state index contributed by atoms with van der Waals surface area (Å²) >= 11 is 0. The van der Waals surface area contributed by atoms with Gasteiger partial charge in [0.15, 0.2) is 0 Å². The molecule has 122 valence electrons. The molecule has 0 saturated carbocycles. The molecule has 3 aromatic rings.